The standard InChI is InChI=1S/C15H18ClF3N2O.2ClH/c16-12-9-11(3-4-13(12)22-15(17,18)19)14(10-1-2-10)21-7-5-20-6-8-21;;/h3-4,9-10,14,20H,1-2,5-8H2;2*1H/t14-;;/m1../s1. The number of nitrogens with one attached hydrogen (secondary N) is 1. The number of alkyl halides is 3. The highest BCUT2D eigenvalue weighted by Gasteiger charge is 2.37. The quantitative estimate of drug-likeness (QED) is 0.799. The van der Waals surface area contributed by atoms with E-state index in [4.69, 9.17) is 11.6 Å². The van der Waals surface area contributed by atoms with E-state index in [1.165, 1.54) is 6.07 Å². The molecule has 1 saturated heterocycles. The first kappa shape index (κ1) is 21.6. The number of ether oxygens (including phenoxy) is 1. The molecule has 24 heavy (non-hydrogen) atoms. The predicted molar refractivity (Wildman–Crippen MR) is 92.5 cm³/mol. The Labute approximate surface area is 156 Å². The van der Waals surface area contributed by atoms with Gasteiger partial charge in [0.2, 0.25) is 0 Å². The average molecular weight is 408 g/mol. The van der Waals surface area contributed by atoms with E-state index in [1.807, 2.05) is 0 Å². The molecule has 1 heterocycles. The minimum absolute atomic E-state index is 0. The Morgan fingerprint density at radius 2 is 1.79 bits per heavy atom. The third kappa shape index (κ3) is 5.56. The Morgan fingerprint density at radius 3 is 2.29 bits per heavy atom. The zero-order valence-electron chi connectivity index (χ0n) is 12.8. The largest absolute Gasteiger partial charge is 0.573 e. The molecule has 2 fully saturated rings. The van der Waals surface area contributed by atoms with Crippen LogP contribution in [0.2, 0.25) is 5.02 Å². The minimum Gasteiger partial charge on any atom is -0.404 e. The Balaban J connectivity index is 0.00000144. The van der Waals surface area contributed by atoms with E-state index >= 15 is 0 Å². The van der Waals surface area contributed by atoms with Crippen molar-refractivity contribution >= 4 is 36.4 Å². The van der Waals surface area contributed by atoms with Gasteiger partial charge in [-0.1, -0.05) is 17.7 Å². The number of benzene rings is 1. The molecule has 0 spiro atoms. The van der Waals surface area contributed by atoms with Gasteiger partial charge in [0.1, 0.15) is 5.75 Å². The second kappa shape index (κ2) is 8.81. The third-order valence-corrected chi connectivity index (χ3v) is 4.43. The molecule has 0 aromatic heterocycles. The van der Waals surface area contributed by atoms with Crippen molar-refractivity contribution in [3.8, 4) is 5.75 Å². The normalized spacial score (nSPS) is 19.8. The summed E-state index contributed by atoms with van der Waals surface area (Å²) in [6.45, 7) is 3.76. The van der Waals surface area contributed by atoms with Gasteiger partial charge >= 0.3 is 6.36 Å². The highest BCUT2D eigenvalue weighted by atomic mass is 35.5. The molecule has 138 valence electrons. The van der Waals surface area contributed by atoms with Crippen molar-refractivity contribution in [2.45, 2.75) is 25.2 Å². The molecule has 0 amide bonds. The molecule has 3 rings (SSSR count). The van der Waals surface area contributed by atoms with Gasteiger partial charge in [0, 0.05) is 32.2 Å². The van der Waals surface area contributed by atoms with Crippen molar-refractivity contribution in [1.29, 1.82) is 0 Å². The summed E-state index contributed by atoms with van der Waals surface area (Å²) >= 11 is 5.99. The first-order valence-electron chi connectivity index (χ1n) is 7.44. The summed E-state index contributed by atoms with van der Waals surface area (Å²) in [6.07, 6.45) is -2.40. The van der Waals surface area contributed by atoms with Gasteiger partial charge < -0.3 is 10.1 Å². The Morgan fingerprint density at radius 1 is 1.17 bits per heavy atom. The van der Waals surface area contributed by atoms with Crippen molar-refractivity contribution < 1.29 is 17.9 Å². The van der Waals surface area contributed by atoms with Crippen LogP contribution >= 0.6 is 36.4 Å². The Hall–Kier alpha value is -0.400. The van der Waals surface area contributed by atoms with Crippen molar-refractivity contribution in [1.82, 2.24) is 10.2 Å². The lowest BCUT2D eigenvalue weighted by atomic mass is 9.99. The minimum atomic E-state index is -4.72. The molecule has 2 aliphatic rings. The molecule has 9 heteroatoms. The van der Waals surface area contributed by atoms with Gasteiger partial charge in [-0.05, 0) is 36.5 Å². The van der Waals surface area contributed by atoms with Crippen molar-refractivity contribution in [2.75, 3.05) is 26.2 Å². The van der Waals surface area contributed by atoms with Crippen LogP contribution in [0.25, 0.3) is 0 Å². The lowest BCUT2D eigenvalue weighted by Crippen LogP contribution is -2.45. The average Bonchev–Trinajstić information content (AvgIpc) is 3.27. The van der Waals surface area contributed by atoms with E-state index in [1.54, 1.807) is 12.1 Å². The van der Waals surface area contributed by atoms with E-state index in [0.29, 0.717) is 5.92 Å². The molecular weight excluding hydrogens is 388 g/mol. The first-order chi connectivity index (χ1) is 10.4. The first-order valence-corrected chi connectivity index (χ1v) is 7.82. The van der Waals surface area contributed by atoms with Gasteiger partial charge in [0.05, 0.1) is 5.02 Å². The molecule has 1 aliphatic carbocycles. The van der Waals surface area contributed by atoms with Crippen molar-refractivity contribution in [3.05, 3.63) is 28.8 Å². The smallest absolute Gasteiger partial charge is 0.404 e. The second-order valence-electron chi connectivity index (χ2n) is 5.81. The van der Waals surface area contributed by atoms with Gasteiger partial charge in [0.25, 0.3) is 0 Å². The fourth-order valence-corrected chi connectivity index (χ4v) is 3.29. The van der Waals surface area contributed by atoms with E-state index in [9.17, 15) is 13.2 Å². The topological polar surface area (TPSA) is 24.5 Å². The molecule has 1 aromatic carbocycles. The van der Waals surface area contributed by atoms with E-state index in [2.05, 4.69) is 15.0 Å². The van der Waals surface area contributed by atoms with E-state index in [0.717, 1.165) is 44.6 Å². The van der Waals surface area contributed by atoms with Crippen LogP contribution in [0.1, 0.15) is 24.4 Å². The van der Waals surface area contributed by atoms with Crippen LogP contribution < -0.4 is 10.1 Å². The number of halogens is 6. The summed E-state index contributed by atoms with van der Waals surface area (Å²) in [6, 6.07) is 4.88. The van der Waals surface area contributed by atoms with Crippen LogP contribution in [-0.4, -0.2) is 37.4 Å². The van der Waals surface area contributed by atoms with Crippen LogP contribution in [0.4, 0.5) is 13.2 Å². The summed E-state index contributed by atoms with van der Waals surface area (Å²) in [7, 11) is 0. The second-order valence-corrected chi connectivity index (χ2v) is 6.21. The van der Waals surface area contributed by atoms with Crippen LogP contribution in [0.15, 0.2) is 18.2 Å². The number of rotatable bonds is 4. The predicted octanol–water partition coefficient (Wildman–Crippen LogP) is 4.44. The van der Waals surface area contributed by atoms with Gasteiger partial charge in [0.15, 0.2) is 0 Å². The molecule has 0 bridgehead atoms. The Kier molecular flexibility index (Phi) is 7.94. The SMILES string of the molecule is Cl.Cl.FC(F)(F)Oc1ccc([C@@H](C2CC2)N2CCNCC2)cc1Cl. The lowest BCUT2D eigenvalue weighted by molar-refractivity contribution is -0.274. The number of hydrogen-bond donors (Lipinski definition) is 1. The third-order valence-electron chi connectivity index (χ3n) is 4.14. The molecule has 0 radical (unpaired) electrons. The van der Waals surface area contributed by atoms with E-state index < -0.39 is 6.36 Å². The zero-order valence-corrected chi connectivity index (χ0v) is 15.2. The molecule has 3 nitrogen and oxygen atoms in total. The molecule has 1 N–H and O–H groups in total. The number of hydrogen-bond acceptors (Lipinski definition) is 3. The highest BCUT2D eigenvalue weighted by molar-refractivity contribution is 6.32. The van der Waals surface area contributed by atoms with E-state index in [-0.39, 0.29) is 41.6 Å². The number of piperazine rings is 1. The highest BCUT2D eigenvalue weighted by Crippen LogP contribution is 2.46. The summed E-state index contributed by atoms with van der Waals surface area (Å²) in [5, 5.41) is 3.32. The molecule has 1 aliphatic heterocycles. The van der Waals surface area contributed by atoms with Crippen LogP contribution in [0.5, 0.6) is 5.75 Å². The Bertz CT molecular complexity index is 535. The summed E-state index contributed by atoms with van der Waals surface area (Å²) in [5.74, 6) is 0.233. The van der Waals surface area contributed by atoms with Crippen LogP contribution in [0, 0.1) is 5.92 Å². The van der Waals surface area contributed by atoms with Crippen LogP contribution in [0.3, 0.4) is 0 Å². The van der Waals surface area contributed by atoms with Gasteiger partial charge in [-0.15, -0.1) is 38.0 Å². The van der Waals surface area contributed by atoms with Gasteiger partial charge in [-0.25, -0.2) is 0 Å². The molecule has 1 aromatic rings. The van der Waals surface area contributed by atoms with Crippen LogP contribution in [-0.2, 0) is 0 Å². The van der Waals surface area contributed by atoms with Gasteiger partial charge in [-0.2, -0.15) is 0 Å². The molecular formula is C15H20Cl3F3N2O. The summed E-state index contributed by atoms with van der Waals surface area (Å²) < 4.78 is 40.9. The molecule has 0 unspecified atom stereocenters. The maximum atomic E-state index is 12.3. The fourth-order valence-electron chi connectivity index (χ4n) is 3.06. The molecule has 1 atom stereocenters. The summed E-state index contributed by atoms with van der Waals surface area (Å²) in [5.41, 5.74) is 0.976. The maximum Gasteiger partial charge on any atom is 0.573 e. The monoisotopic (exact) mass is 406 g/mol. The zero-order chi connectivity index (χ0) is 15.7. The maximum absolute atomic E-state index is 12.3. The number of nitrogens with zero attached hydrogens (tertiary/aromatic N) is 1. The fraction of sp³-hybridized carbons (Fsp3) is 0.600. The van der Waals surface area contributed by atoms with Gasteiger partial charge in [-0.3, -0.25) is 4.90 Å². The van der Waals surface area contributed by atoms with Crippen molar-refractivity contribution in [2.24, 2.45) is 5.92 Å². The lowest BCUT2D eigenvalue weighted by Gasteiger charge is -2.35. The van der Waals surface area contributed by atoms with Crippen molar-refractivity contribution in [3.63, 3.8) is 0 Å². The molecule has 1 saturated carbocycles. The summed E-state index contributed by atoms with van der Waals surface area (Å²) in [4.78, 5) is 2.39.